The molecule has 0 amide bonds. The Morgan fingerprint density at radius 2 is 1.86 bits per heavy atom. The zero-order chi connectivity index (χ0) is 15.2. The van der Waals surface area contributed by atoms with E-state index >= 15 is 0 Å². The van der Waals surface area contributed by atoms with Crippen LogP contribution in [0.5, 0.6) is 0 Å². The molecule has 2 aromatic rings. The molecule has 0 aliphatic carbocycles. The highest BCUT2D eigenvalue weighted by Gasteiger charge is 2.01. The number of benzene rings is 2. The lowest BCUT2D eigenvalue weighted by atomic mass is 10.0. The highest BCUT2D eigenvalue weighted by Crippen LogP contribution is 2.18. The van der Waals surface area contributed by atoms with Gasteiger partial charge in [0, 0.05) is 5.69 Å². The molecule has 3 N–H and O–H groups in total. The Bertz CT molecular complexity index is 636. The first-order valence-electron chi connectivity index (χ1n) is 7.27. The highest BCUT2D eigenvalue weighted by molar-refractivity contribution is 14.0. The zero-order valence-corrected chi connectivity index (χ0v) is 15.7. The van der Waals surface area contributed by atoms with Crippen molar-refractivity contribution in [2.24, 2.45) is 10.7 Å². The first-order valence-corrected chi connectivity index (χ1v) is 7.27. The average molecular weight is 409 g/mol. The Kier molecular flexibility index (Phi) is 7.38. The Balaban J connectivity index is 0.00000242. The summed E-state index contributed by atoms with van der Waals surface area (Å²) >= 11 is 0. The van der Waals surface area contributed by atoms with Crippen molar-refractivity contribution in [1.29, 1.82) is 0 Å². The summed E-state index contributed by atoms with van der Waals surface area (Å²) in [6.07, 6.45) is 0. The fourth-order valence-corrected chi connectivity index (χ4v) is 2.15. The number of halogens is 1. The van der Waals surface area contributed by atoms with E-state index in [2.05, 4.69) is 61.4 Å². The standard InChI is InChI=1S/C18H23N3.HI/c1-13(2)16-8-5-9-17(11-16)21-18(19)20-12-15-7-4-6-14(3)10-15;/h4-11,13H,12H2,1-3H3,(H3,19,20,21);1H. The van der Waals surface area contributed by atoms with Crippen LogP contribution < -0.4 is 11.1 Å². The molecule has 3 nitrogen and oxygen atoms in total. The normalized spacial score (nSPS) is 11.2. The summed E-state index contributed by atoms with van der Waals surface area (Å²) in [5.74, 6) is 0.939. The number of aryl methyl sites for hydroxylation is 1. The maximum absolute atomic E-state index is 5.96. The van der Waals surface area contributed by atoms with Crippen molar-refractivity contribution in [3.63, 3.8) is 0 Å². The molecule has 0 radical (unpaired) electrons. The number of hydrogen-bond donors (Lipinski definition) is 2. The largest absolute Gasteiger partial charge is 0.370 e. The van der Waals surface area contributed by atoms with Gasteiger partial charge in [-0.1, -0.05) is 55.8 Å². The molecule has 0 bridgehead atoms. The van der Waals surface area contributed by atoms with Crippen molar-refractivity contribution in [3.05, 3.63) is 65.2 Å². The molecule has 2 aromatic carbocycles. The van der Waals surface area contributed by atoms with Gasteiger partial charge in [-0.05, 0) is 36.1 Å². The molecule has 0 unspecified atom stereocenters. The van der Waals surface area contributed by atoms with Gasteiger partial charge in [0.15, 0.2) is 5.96 Å². The zero-order valence-electron chi connectivity index (χ0n) is 13.3. The van der Waals surface area contributed by atoms with Crippen LogP contribution in [0.15, 0.2) is 53.5 Å². The van der Waals surface area contributed by atoms with Gasteiger partial charge in [-0.2, -0.15) is 0 Å². The Hall–Kier alpha value is -1.56. The Morgan fingerprint density at radius 3 is 2.55 bits per heavy atom. The van der Waals surface area contributed by atoms with Crippen LogP contribution in [-0.4, -0.2) is 5.96 Å². The van der Waals surface area contributed by atoms with Crippen LogP contribution >= 0.6 is 24.0 Å². The van der Waals surface area contributed by atoms with E-state index in [1.807, 2.05) is 18.2 Å². The predicted molar refractivity (Wildman–Crippen MR) is 106 cm³/mol. The molecule has 0 aliphatic heterocycles. The van der Waals surface area contributed by atoms with Crippen LogP contribution in [0, 0.1) is 6.92 Å². The second-order valence-corrected chi connectivity index (χ2v) is 5.60. The van der Waals surface area contributed by atoms with Crippen molar-refractivity contribution < 1.29 is 0 Å². The molecular formula is C18H24IN3. The van der Waals surface area contributed by atoms with Gasteiger partial charge < -0.3 is 11.1 Å². The molecule has 0 heterocycles. The van der Waals surface area contributed by atoms with Crippen LogP contribution in [-0.2, 0) is 6.54 Å². The number of anilines is 1. The van der Waals surface area contributed by atoms with E-state index < -0.39 is 0 Å². The summed E-state index contributed by atoms with van der Waals surface area (Å²) in [6.45, 7) is 7.01. The molecule has 0 saturated heterocycles. The van der Waals surface area contributed by atoms with Crippen molar-refractivity contribution >= 4 is 35.6 Å². The summed E-state index contributed by atoms with van der Waals surface area (Å²) in [4.78, 5) is 4.39. The van der Waals surface area contributed by atoms with E-state index in [0.717, 1.165) is 11.3 Å². The van der Waals surface area contributed by atoms with E-state index in [9.17, 15) is 0 Å². The van der Waals surface area contributed by atoms with Crippen LogP contribution in [0.1, 0.15) is 36.5 Å². The minimum Gasteiger partial charge on any atom is -0.370 e. The first kappa shape index (κ1) is 18.5. The van der Waals surface area contributed by atoms with Crippen LogP contribution in [0.4, 0.5) is 5.69 Å². The summed E-state index contributed by atoms with van der Waals surface area (Å²) in [7, 11) is 0. The van der Waals surface area contributed by atoms with Gasteiger partial charge in [0.2, 0.25) is 0 Å². The van der Waals surface area contributed by atoms with Gasteiger partial charge in [-0.25, -0.2) is 4.99 Å². The summed E-state index contributed by atoms with van der Waals surface area (Å²) < 4.78 is 0. The number of guanidine groups is 1. The van der Waals surface area contributed by atoms with Crippen molar-refractivity contribution in [2.45, 2.75) is 33.2 Å². The quantitative estimate of drug-likeness (QED) is 0.438. The molecule has 22 heavy (non-hydrogen) atoms. The Labute approximate surface area is 150 Å². The van der Waals surface area contributed by atoms with Crippen molar-refractivity contribution in [2.75, 3.05) is 5.32 Å². The maximum Gasteiger partial charge on any atom is 0.193 e. The third kappa shape index (κ3) is 5.67. The lowest BCUT2D eigenvalue weighted by molar-refractivity contribution is 0.867. The fraction of sp³-hybridized carbons (Fsp3) is 0.278. The first-order chi connectivity index (χ1) is 10.0. The number of aliphatic imine (C=N–C) groups is 1. The maximum atomic E-state index is 5.96. The van der Waals surface area contributed by atoms with Gasteiger partial charge >= 0.3 is 0 Å². The molecule has 0 aliphatic rings. The van der Waals surface area contributed by atoms with Crippen LogP contribution in [0.2, 0.25) is 0 Å². The number of nitrogens with one attached hydrogen (secondary N) is 1. The molecule has 118 valence electrons. The lowest BCUT2D eigenvalue weighted by Gasteiger charge is -2.10. The van der Waals surface area contributed by atoms with E-state index in [4.69, 9.17) is 5.73 Å². The lowest BCUT2D eigenvalue weighted by Crippen LogP contribution is -2.22. The van der Waals surface area contributed by atoms with E-state index in [1.165, 1.54) is 11.1 Å². The number of nitrogens with two attached hydrogens (primary N) is 1. The van der Waals surface area contributed by atoms with E-state index in [1.54, 1.807) is 0 Å². The molecule has 0 aromatic heterocycles. The number of nitrogens with zero attached hydrogens (tertiary/aromatic N) is 1. The molecule has 0 spiro atoms. The fourth-order valence-electron chi connectivity index (χ4n) is 2.15. The second-order valence-electron chi connectivity index (χ2n) is 5.60. The van der Waals surface area contributed by atoms with Crippen molar-refractivity contribution in [1.82, 2.24) is 0 Å². The molecule has 2 rings (SSSR count). The Morgan fingerprint density at radius 1 is 1.14 bits per heavy atom. The van der Waals surface area contributed by atoms with Crippen LogP contribution in [0.3, 0.4) is 0 Å². The predicted octanol–water partition coefficient (Wildman–Crippen LogP) is 4.66. The molecular weight excluding hydrogens is 385 g/mol. The third-order valence-electron chi connectivity index (χ3n) is 3.34. The van der Waals surface area contributed by atoms with Gasteiger partial charge in [-0.15, -0.1) is 24.0 Å². The average Bonchev–Trinajstić information content (AvgIpc) is 2.45. The second kappa shape index (κ2) is 8.78. The number of hydrogen-bond acceptors (Lipinski definition) is 1. The van der Waals surface area contributed by atoms with E-state index in [-0.39, 0.29) is 24.0 Å². The number of rotatable bonds is 4. The monoisotopic (exact) mass is 409 g/mol. The van der Waals surface area contributed by atoms with Gasteiger partial charge in [0.05, 0.1) is 6.54 Å². The minimum atomic E-state index is 0. The summed E-state index contributed by atoms with van der Waals surface area (Å²) in [5, 5.41) is 3.15. The van der Waals surface area contributed by atoms with E-state index in [0.29, 0.717) is 18.4 Å². The SMILES string of the molecule is Cc1cccc(CN=C(N)Nc2cccc(C(C)C)c2)c1.I. The van der Waals surface area contributed by atoms with Crippen LogP contribution in [0.25, 0.3) is 0 Å². The molecule has 0 atom stereocenters. The minimum absolute atomic E-state index is 0. The molecule has 4 heteroatoms. The summed E-state index contributed by atoms with van der Waals surface area (Å²) in [6, 6.07) is 16.6. The highest BCUT2D eigenvalue weighted by atomic mass is 127. The smallest absolute Gasteiger partial charge is 0.193 e. The van der Waals surface area contributed by atoms with Gasteiger partial charge in [-0.3, -0.25) is 0 Å². The van der Waals surface area contributed by atoms with Crippen molar-refractivity contribution in [3.8, 4) is 0 Å². The topological polar surface area (TPSA) is 50.4 Å². The van der Waals surface area contributed by atoms with Gasteiger partial charge in [0.25, 0.3) is 0 Å². The molecule has 0 saturated carbocycles. The summed E-state index contributed by atoms with van der Waals surface area (Å²) in [5.41, 5.74) is 10.6. The molecule has 0 fully saturated rings. The third-order valence-corrected chi connectivity index (χ3v) is 3.34. The van der Waals surface area contributed by atoms with Gasteiger partial charge in [0.1, 0.15) is 0 Å².